The summed E-state index contributed by atoms with van der Waals surface area (Å²) in [6, 6.07) is 0. The number of aliphatic hydroxyl groups is 3. The van der Waals surface area contributed by atoms with Crippen LogP contribution in [0.1, 0.15) is 0 Å². The summed E-state index contributed by atoms with van der Waals surface area (Å²) >= 11 is 4.93. The maximum atomic E-state index is 8.31. The quantitative estimate of drug-likeness (QED) is 0.325. The summed E-state index contributed by atoms with van der Waals surface area (Å²) < 4.78 is 0. The molecule has 0 saturated heterocycles. The zero-order valence-electron chi connectivity index (χ0n) is 3.63. The highest BCUT2D eigenvalue weighted by Crippen LogP contribution is 1.98. The molecule has 7 heavy (non-hydrogen) atoms. The molecular formula is C3H7ClO3. The van der Waals surface area contributed by atoms with Gasteiger partial charge in [0.05, 0.1) is 12.5 Å². The molecule has 0 atom stereocenters. The molecule has 0 aliphatic heterocycles. The zero-order valence-corrected chi connectivity index (χ0v) is 4.39. The van der Waals surface area contributed by atoms with Gasteiger partial charge in [-0.15, -0.1) is 11.6 Å². The minimum Gasteiger partial charge on any atom is -0.391 e. The van der Waals surface area contributed by atoms with Crippen molar-refractivity contribution in [2.45, 2.75) is 5.79 Å². The van der Waals surface area contributed by atoms with E-state index in [4.69, 9.17) is 26.9 Å². The Morgan fingerprint density at radius 3 is 1.86 bits per heavy atom. The number of hydrogen-bond donors (Lipinski definition) is 3. The number of alkyl halides is 1. The zero-order chi connectivity index (χ0) is 5.91. The van der Waals surface area contributed by atoms with Crippen molar-refractivity contribution in [2.75, 3.05) is 12.5 Å². The average Bonchev–Trinajstić information content (AvgIpc) is 1.68. The lowest BCUT2D eigenvalue weighted by molar-refractivity contribution is -0.168. The number of hydrogen-bond acceptors (Lipinski definition) is 3. The van der Waals surface area contributed by atoms with Crippen LogP contribution in [0.25, 0.3) is 0 Å². The molecule has 0 aliphatic rings. The Morgan fingerprint density at radius 1 is 1.43 bits per heavy atom. The van der Waals surface area contributed by atoms with Crippen LogP contribution in [0.2, 0.25) is 0 Å². The molecule has 0 rings (SSSR count). The van der Waals surface area contributed by atoms with Gasteiger partial charge in [-0.05, 0) is 0 Å². The van der Waals surface area contributed by atoms with Crippen molar-refractivity contribution in [3.05, 3.63) is 0 Å². The van der Waals surface area contributed by atoms with Gasteiger partial charge in [-0.2, -0.15) is 0 Å². The van der Waals surface area contributed by atoms with Gasteiger partial charge in [-0.25, -0.2) is 0 Å². The molecule has 0 amide bonds. The molecule has 0 radical (unpaired) electrons. The van der Waals surface area contributed by atoms with Crippen LogP contribution in [0.5, 0.6) is 0 Å². The van der Waals surface area contributed by atoms with Crippen molar-refractivity contribution in [1.29, 1.82) is 0 Å². The largest absolute Gasteiger partial charge is 0.391 e. The Morgan fingerprint density at radius 2 is 1.86 bits per heavy atom. The third-order valence-corrected chi connectivity index (χ3v) is 0.895. The highest BCUT2D eigenvalue weighted by atomic mass is 35.5. The lowest BCUT2D eigenvalue weighted by Crippen LogP contribution is -2.34. The molecule has 0 aliphatic carbocycles. The van der Waals surface area contributed by atoms with E-state index in [9.17, 15) is 0 Å². The molecular weight excluding hydrogens is 119 g/mol. The first kappa shape index (κ1) is 7.17. The standard InChI is InChI=1S/C3H7ClO3/c4-1-3(6,7)2-5/h5-7H,1-2H2. The second-order valence-corrected chi connectivity index (χ2v) is 1.54. The SMILES string of the molecule is OCC(O)(O)CCl. The third-order valence-electron chi connectivity index (χ3n) is 0.467. The molecule has 3 nitrogen and oxygen atoms in total. The summed E-state index contributed by atoms with van der Waals surface area (Å²) in [6.45, 7) is -0.726. The lowest BCUT2D eigenvalue weighted by atomic mass is 10.4. The summed E-state index contributed by atoms with van der Waals surface area (Å²) in [6.07, 6.45) is 0. The van der Waals surface area contributed by atoms with Crippen LogP contribution in [0.4, 0.5) is 0 Å². The summed E-state index contributed by atoms with van der Waals surface area (Å²) in [5, 5.41) is 24.6. The maximum Gasteiger partial charge on any atom is 0.200 e. The first-order chi connectivity index (χ1) is 3.12. The second kappa shape index (κ2) is 2.47. The van der Waals surface area contributed by atoms with Crippen molar-refractivity contribution in [1.82, 2.24) is 0 Å². The fourth-order valence-electron chi connectivity index (χ4n) is 0.0423. The Hall–Kier alpha value is 0.170. The van der Waals surface area contributed by atoms with Gasteiger partial charge in [0.1, 0.15) is 0 Å². The van der Waals surface area contributed by atoms with Crippen LogP contribution >= 0.6 is 11.6 Å². The number of aliphatic hydroxyl groups excluding tert-OH is 1. The molecule has 0 aromatic heterocycles. The van der Waals surface area contributed by atoms with E-state index >= 15 is 0 Å². The highest BCUT2D eigenvalue weighted by molar-refractivity contribution is 6.18. The average molecular weight is 127 g/mol. The molecule has 0 spiro atoms. The van der Waals surface area contributed by atoms with Gasteiger partial charge in [-0.1, -0.05) is 0 Å². The van der Waals surface area contributed by atoms with Gasteiger partial charge < -0.3 is 15.3 Å². The lowest BCUT2D eigenvalue weighted by Gasteiger charge is -2.13. The second-order valence-electron chi connectivity index (χ2n) is 1.27. The van der Waals surface area contributed by atoms with Crippen molar-refractivity contribution in [3.8, 4) is 0 Å². The van der Waals surface area contributed by atoms with Crippen molar-refractivity contribution >= 4 is 11.6 Å². The van der Waals surface area contributed by atoms with Crippen molar-refractivity contribution in [2.24, 2.45) is 0 Å². The highest BCUT2D eigenvalue weighted by Gasteiger charge is 2.18. The van der Waals surface area contributed by atoms with Crippen LogP contribution in [0, 0.1) is 0 Å². The van der Waals surface area contributed by atoms with Crippen molar-refractivity contribution in [3.63, 3.8) is 0 Å². The normalized spacial score (nSPS) is 12.0. The Bertz CT molecular complexity index is 48.1. The topological polar surface area (TPSA) is 60.7 Å². The molecule has 0 aromatic rings. The van der Waals surface area contributed by atoms with Crippen LogP contribution in [0.3, 0.4) is 0 Å². The minimum atomic E-state index is -2.10. The monoisotopic (exact) mass is 126 g/mol. The molecule has 0 saturated carbocycles. The van der Waals surface area contributed by atoms with E-state index in [2.05, 4.69) is 0 Å². The summed E-state index contributed by atoms with van der Waals surface area (Å²) in [4.78, 5) is 0. The Kier molecular flexibility index (Phi) is 2.53. The van der Waals surface area contributed by atoms with E-state index in [0.29, 0.717) is 0 Å². The first-order valence-corrected chi connectivity index (χ1v) is 2.27. The van der Waals surface area contributed by atoms with Gasteiger partial charge in [-0.3, -0.25) is 0 Å². The number of halogens is 1. The predicted octanol–water partition coefficient (Wildman–Crippen LogP) is -1.10. The molecule has 0 fully saturated rings. The van der Waals surface area contributed by atoms with Gasteiger partial charge in [0.15, 0.2) is 5.79 Å². The third kappa shape index (κ3) is 2.82. The van der Waals surface area contributed by atoms with E-state index in [-0.39, 0.29) is 5.88 Å². The summed E-state index contributed by atoms with van der Waals surface area (Å²) in [5.74, 6) is -2.47. The molecule has 44 valence electrons. The van der Waals surface area contributed by atoms with E-state index in [1.54, 1.807) is 0 Å². The van der Waals surface area contributed by atoms with E-state index in [1.807, 2.05) is 0 Å². The molecule has 0 unspecified atom stereocenters. The Balaban J connectivity index is 3.36. The summed E-state index contributed by atoms with van der Waals surface area (Å²) in [5.41, 5.74) is 0. The van der Waals surface area contributed by atoms with Gasteiger partial charge in [0.2, 0.25) is 0 Å². The number of rotatable bonds is 2. The van der Waals surface area contributed by atoms with Crippen LogP contribution < -0.4 is 0 Å². The van der Waals surface area contributed by atoms with Gasteiger partial charge in [0.25, 0.3) is 0 Å². The summed E-state index contributed by atoms with van der Waals surface area (Å²) in [7, 11) is 0. The smallest absolute Gasteiger partial charge is 0.200 e. The minimum absolute atomic E-state index is 0.372. The van der Waals surface area contributed by atoms with Gasteiger partial charge >= 0.3 is 0 Å². The van der Waals surface area contributed by atoms with E-state index in [0.717, 1.165) is 0 Å². The molecule has 0 aromatic carbocycles. The fraction of sp³-hybridized carbons (Fsp3) is 1.00. The molecule has 0 bridgehead atoms. The van der Waals surface area contributed by atoms with Crippen LogP contribution in [0.15, 0.2) is 0 Å². The van der Waals surface area contributed by atoms with E-state index < -0.39 is 12.4 Å². The van der Waals surface area contributed by atoms with Crippen LogP contribution in [-0.4, -0.2) is 33.6 Å². The van der Waals surface area contributed by atoms with E-state index in [1.165, 1.54) is 0 Å². The van der Waals surface area contributed by atoms with Crippen molar-refractivity contribution < 1.29 is 15.3 Å². The van der Waals surface area contributed by atoms with Crippen LogP contribution in [-0.2, 0) is 0 Å². The molecule has 3 N–H and O–H groups in total. The molecule has 0 heterocycles. The van der Waals surface area contributed by atoms with Gasteiger partial charge in [0, 0.05) is 0 Å². The Labute approximate surface area is 46.2 Å². The fourth-order valence-corrected chi connectivity index (χ4v) is 0.127. The molecule has 4 heteroatoms. The predicted molar refractivity (Wildman–Crippen MR) is 25.0 cm³/mol. The first-order valence-electron chi connectivity index (χ1n) is 1.74. The maximum absolute atomic E-state index is 8.31.